The Morgan fingerprint density at radius 1 is 1.00 bits per heavy atom. The molecule has 3 heteroatoms. The molecule has 0 N–H and O–H groups in total. The lowest BCUT2D eigenvalue weighted by Gasteiger charge is -2.12. The van der Waals surface area contributed by atoms with E-state index in [1.165, 1.54) is 5.56 Å². The van der Waals surface area contributed by atoms with Crippen molar-refractivity contribution in [2.75, 3.05) is 7.11 Å². The van der Waals surface area contributed by atoms with Gasteiger partial charge in [-0.3, -0.25) is 0 Å². The minimum atomic E-state index is 0.464. The Morgan fingerprint density at radius 3 is 2.53 bits per heavy atom. The summed E-state index contributed by atoms with van der Waals surface area (Å²) in [6.45, 7) is 4.51. The van der Waals surface area contributed by atoms with E-state index in [0.29, 0.717) is 11.6 Å². The number of hydrogen-bond donors (Lipinski definition) is 0. The molecule has 2 aromatic rings. The van der Waals surface area contributed by atoms with Crippen LogP contribution in [-0.2, 0) is 6.61 Å². The van der Waals surface area contributed by atoms with Crippen LogP contribution >= 0.6 is 11.6 Å². The molecule has 0 bridgehead atoms. The summed E-state index contributed by atoms with van der Waals surface area (Å²) >= 11 is 5.98. The van der Waals surface area contributed by atoms with E-state index in [2.05, 4.69) is 6.07 Å². The molecule has 0 fully saturated rings. The fraction of sp³-hybridized carbons (Fsp3) is 0.250. The average Bonchev–Trinajstić information content (AvgIpc) is 2.40. The molecule has 19 heavy (non-hydrogen) atoms. The molecule has 2 aromatic carbocycles. The first kappa shape index (κ1) is 13.8. The molecular weight excluding hydrogens is 260 g/mol. The van der Waals surface area contributed by atoms with Gasteiger partial charge in [0, 0.05) is 10.6 Å². The molecule has 0 aliphatic rings. The number of rotatable bonds is 4. The molecule has 0 aliphatic heterocycles. The monoisotopic (exact) mass is 276 g/mol. The van der Waals surface area contributed by atoms with E-state index in [1.54, 1.807) is 7.11 Å². The van der Waals surface area contributed by atoms with Gasteiger partial charge in [-0.1, -0.05) is 29.3 Å². The first-order valence-corrected chi connectivity index (χ1v) is 6.50. The molecular formula is C16H17ClO2. The second kappa shape index (κ2) is 5.98. The molecule has 0 heterocycles. The maximum absolute atomic E-state index is 5.98. The van der Waals surface area contributed by atoms with E-state index in [9.17, 15) is 0 Å². The van der Waals surface area contributed by atoms with Crippen molar-refractivity contribution in [1.82, 2.24) is 0 Å². The number of ether oxygens (including phenoxy) is 2. The van der Waals surface area contributed by atoms with Crippen molar-refractivity contribution in [1.29, 1.82) is 0 Å². The Hall–Kier alpha value is -1.67. The van der Waals surface area contributed by atoms with Crippen LogP contribution in [0.1, 0.15) is 16.7 Å². The lowest BCUT2D eigenvalue weighted by Crippen LogP contribution is -2.00. The van der Waals surface area contributed by atoms with E-state index in [4.69, 9.17) is 21.1 Å². The zero-order valence-corrected chi connectivity index (χ0v) is 12.1. The van der Waals surface area contributed by atoms with Gasteiger partial charge in [0.15, 0.2) is 0 Å². The van der Waals surface area contributed by atoms with Crippen LogP contribution in [0.2, 0.25) is 5.02 Å². The van der Waals surface area contributed by atoms with Gasteiger partial charge in [0.1, 0.15) is 18.1 Å². The maximum Gasteiger partial charge on any atom is 0.125 e. The zero-order valence-electron chi connectivity index (χ0n) is 11.4. The van der Waals surface area contributed by atoms with Gasteiger partial charge < -0.3 is 9.47 Å². The first-order chi connectivity index (χ1) is 9.10. The minimum Gasteiger partial charge on any atom is -0.496 e. The molecule has 0 saturated carbocycles. The van der Waals surface area contributed by atoms with Crippen molar-refractivity contribution >= 4 is 11.6 Å². The highest BCUT2D eigenvalue weighted by molar-refractivity contribution is 6.30. The molecule has 2 rings (SSSR count). The van der Waals surface area contributed by atoms with Crippen molar-refractivity contribution in [2.45, 2.75) is 20.5 Å². The van der Waals surface area contributed by atoms with Crippen LogP contribution in [0.25, 0.3) is 0 Å². The number of methoxy groups -OCH3 is 1. The van der Waals surface area contributed by atoms with Gasteiger partial charge in [0.05, 0.1) is 7.11 Å². The van der Waals surface area contributed by atoms with Crippen molar-refractivity contribution in [2.24, 2.45) is 0 Å². The topological polar surface area (TPSA) is 18.5 Å². The Bertz CT molecular complexity index is 579. The SMILES string of the molecule is COc1ccc(C)cc1COc1cc(Cl)ccc1C. The Labute approximate surface area is 118 Å². The molecule has 0 amide bonds. The van der Waals surface area contributed by atoms with Crippen LogP contribution in [0.3, 0.4) is 0 Å². The highest BCUT2D eigenvalue weighted by Crippen LogP contribution is 2.26. The Balaban J connectivity index is 2.18. The summed E-state index contributed by atoms with van der Waals surface area (Å²) in [5.74, 6) is 1.64. The van der Waals surface area contributed by atoms with E-state index in [1.807, 2.05) is 44.2 Å². The van der Waals surface area contributed by atoms with E-state index in [-0.39, 0.29) is 0 Å². The van der Waals surface area contributed by atoms with Gasteiger partial charge in [0.25, 0.3) is 0 Å². The molecule has 0 aliphatic carbocycles. The molecule has 0 spiro atoms. The Morgan fingerprint density at radius 2 is 1.79 bits per heavy atom. The third-order valence-electron chi connectivity index (χ3n) is 2.97. The summed E-state index contributed by atoms with van der Waals surface area (Å²) in [7, 11) is 1.67. The normalized spacial score (nSPS) is 10.3. The maximum atomic E-state index is 5.98. The highest BCUT2D eigenvalue weighted by atomic mass is 35.5. The number of halogens is 1. The van der Waals surface area contributed by atoms with Crippen molar-refractivity contribution in [3.63, 3.8) is 0 Å². The highest BCUT2D eigenvalue weighted by Gasteiger charge is 2.06. The van der Waals surface area contributed by atoms with Crippen LogP contribution in [0.4, 0.5) is 0 Å². The summed E-state index contributed by atoms with van der Waals surface area (Å²) in [6, 6.07) is 11.7. The zero-order chi connectivity index (χ0) is 13.8. The van der Waals surface area contributed by atoms with Gasteiger partial charge in [-0.15, -0.1) is 0 Å². The van der Waals surface area contributed by atoms with E-state index >= 15 is 0 Å². The van der Waals surface area contributed by atoms with Crippen molar-refractivity contribution in [3.8, 4) is 11.5 Å². The standard InChI is InChI=1S/C16H17ClO2/c1-11-4-7-15(18-3)13(8-11)10-19-16-9-14(17)6-5-12(16)2/h4-9H,10H2,1-3H3. The summed E-state index contributed by atoms with van der Waals surface area (Å²) < 4.78 is 11.2. The van der Waals surface area contributed by atoms with Gasteiger partial charge in [-0.05, 0) is 43.7 Å². The van der Waals surface area contributed by atoms with Crippen LogP contribution in [0.15, 0.2) is 36.4 Å². The molecule has 100 valence electrons. The minimum absolute atomic E-state index is 0.464. The first-order valence-electron chi connectivity index (χ1n) is 6.12. The molecule has 0 atom stereocenters. The fourth-order valence-electron chi connectivity index (χ4n) is 1.91. The van der Waals surface area contributed by atoms with E-state index < -0.39 is 0 Å². The third-order valence-corrected chi connectivity index (χ3v) is 3.20. The summed E-state index contributed by atoms with van der Waals surface area (Å²) in [4.78, 5) is 0. The molecule has 0 saturated heterocycles. The predicted octanol–water partition coefficient (Wildman–Crippen LogP) is 4.54. The predicted molar refractivity (Wildman–Crippen MR) is 78.3 cm³/mol. The fourth-order valence-corrected chi connectivity index (χ4v) is 2.07. The van der Waals surface area contributed by atoms with Crippen LogP contribution < -0.4 is 9.47 Å². The van der Waals surface area contributed by atoms with Gasteiger partial charge in [-0.25, -0.2) is 0 Å². The van der Waals surface area contributed by atoms with Gasteiger partial charge in [-0.2, -0.15) is 0 Å². The van der Waals surface area contributed by atoms with Crippen molar-refractivity contribution < 1.29 is 9.47 Å². The largest absolute Gasteiger partial charge is 0.496 e. The lowest BCUT2D eigenvalue weighted by molar-refractivity contribution is 0.294. The number of hydrogen-bond acceptors (Lipinski definition) is 2. The molecule has 0 radical (unpaired) electrons. The third kappa shape index (κ3) is 3.42. The quantitative estimate of drug-likeness (QED) is 0.816. The van der Waals surface area contributed by atoms with Crippen LogP contribution in [-0.4, -0.2) is 7.11 Å². The second-order valence-electron chi connectivity index (χ2n) is 4.51. The van der Waals surface area contributed by atoms with Crippen LogP contribution in [0.5, 0.6) is 11.5 Å². The van der Waals surface area contributed by atoms with E-state index in [0.717, 1.165) is 22.6 Å². The lowest BCUT2D eigenvalue weighted by atomic mass is 10.1. The summed E-state index contributed by atoms with van der Waals surface area (Å²) in [6.07, 6.45) is 0. The summed E-state index contributed by atoms with van der Waals surface area (Å²) in [5, 5.41) is 0.678. The van der Waals surface area contributed by atoms with Gasteiger partial charge >= 0.3 is 0 Å². The second-order valence-corrected chi connectivity index (χ2v) is 4.95. The van der Waals surface area contributed by atoms with Gasteiger partial charge in [0.2, 0.25) is 0 Å². The molecule has 2 nitrogen and oxygen atoms in total. The Kier molecular flexibility index (Phi) is 4.33. The smallest absolute Gasteiger partial charge is 0.125 e. The van der Waals surface area contributed by atoms with Crippen molar-refractivity contribution in [3.05, 3.63) is 58.1 Å². The summed E-state index contributed by atoms with van der Waals surface area (Å²) in [5.41, 5.74) is 3.28. The number of benzene rings is 2. The molecule has 0 unspecified atom stereocenters. The molecule has 0 aromatic heterocycles. The van der Waals surface area contributed by atoms with Crippen LogP contribution in [0, 0.1) is 13.8 Å². The number of aryl methyl sites for hydroxylation is 2. The average molecular weight is 277 g/mol.